The van der Waals surface area contributed by atoms with Gasteiger partial charge in [-0.05, 0) is 26.0 Å². The maximum Gasteiger partial charge on any atom is 0.408 e. The van der Waals surface area contributed by atoms with E-state index in [9.17, 15) is 22.0 Å². The quantitative estimate of drug-likeness (QED) is 0.421. The fourth-order valence-electron chi connectivity index (χ4n) is 3.31. The van der Waals surface area contributed by atoms with Crippen molar-refractivity contribution in [2.24, 2.45) is 0 Å². The minimum atomic E-state index is -4.48. The van der Waals surface area contributed by atoms with Crippen molar-refractivity contribution in [2.75, 3.05) is 12.4 Å². The SMILES string of the molecule is COc1nc(NC(C)C(F)(F)F)nc2[nH]cc(-c3ccc4nc(C)n(CC(F)F)c4n3)c12. The molecule has 2 N–H and O–H groups in total. The van der Waals surface area contributed by atoms with Crippen LogP contribution in [0, 0.1) is 6.92 Å². The molecule has 0 saturated heterocycles. The molecule has 4 heterocycles. The minimum Gasteiger partial charge on any atom is -0.480 e. The molecule has 170 valence electrons. The van der Waals surface area contributed by atoms with Crippen LogP contribution in [0.3, 0.4) is 0 Å². The zero-order valence-corrected chi connectivity index (χ0v) is 17.1. The van der Waals surface area contributed by atoms with Crippen LogP contribution < -0.4 is 10.1 Å². The molecule has 13 heteroatoms. The molecule has 0 amide bonds. The lowest BCUT2D eigenvalue weighted by atomic mass is 10.1. The van der Waals surface area contributed by atoms with Crippen LogP contribution in [0.4, 0.5) is 27.9 Å². The van der Waals surface area contributed by atoms with E-state index in [2.05, 4.69) is 30.2 Å². The molecule has 1 atom stereocenters. The van der Waals surface area contributed by atoms with Crippen molar-refractivity contribution < 1.29 is 26.7 Å². The summed E-state index contributed by atoms with van der Waals surface area (Å²) >= 11 is 0. The molecule has 0 aliphatic carbocycles. The Morgan fingerprint density at radius 1 is 1.16 bits per heavy atom. The van der Waals surface area contributed by atoms with E-state index in [1.165, 1.54) is 11.7 Å². The summed E-state index contributed by atoms with van der Waals surface area (Å²) in [5.74, 6) is 0.170. The second-order valence-electron chi connectivity index (χ2n) is 7.09. The van der Waals surface area contributed by atoms with Gasteiger partial charge < -0.3 is 19.6 Å². The maximum atomic E-state index is 13.0. The summed E-state index contributed by atoms with van der Waals surface area (Å²) in [6.07, 6.45) is -5.51. The number of imidazole rings is 1. The lowest BCUT2D eigenvalue weighted by Crippen LogP contribution is -2.33. The fraction of sp³-hybridized carbons (Fsp3) is 0.368. The van der Waals surface area contributed by atoms with Crippen molar-refractivity contribution in [1.29, 1.82) is 0 Å². The molecule has 0 spiro atoms. The Kier molecular flexibility index (Phi) is 5.34. The molecule has 32 heavy (non-hydrogen) atoms. The number of nitrogens with one attached hydrogen (secondary N) is 2. The van der Waals surface area contributed by atoms with Crippen molar-refractivity contribution in [3.63, 3.8) is 0 Å². The summed E-state index contributed by atoms with van der Waals surface area (Å²) in [4.78, 5) is 19.8. The zero-order chi connectivity index (χ0) is 23.2. The van der Waals surface area contributed by atoms with Gasteiger partial charge in [0, 0.05) is 11.8 Å². The van der Waals surface area contributed by atoms with Gasteiger partial charge in [0.15, 0.2) is 5.65 Å². The van der Waals surface area contributed by atoms with Gasteiger partial charge in [0.2, 0.25) is 11.8 Å². The van der Waals surface area contributed by atoms with Crippen LogP contribution in [0.15, 0.2) is 18.3 Å². The standard InChI is InChI=1S/C19H18F5N7O/c1-8(19(22,23)24)26-18-29-15-14(17(30-18)32-3)10(6-25-15)11-4-5-12-16(28-11)31(7-13(20)21)9(2)27-12/h4-6,8,13H,7H2,1-3H3,(H2,25,26,29,30). The Hall–Kier alpha value is -3.51. The fourth-order valence-corrected chi connectivity index (χ4v) is 3.31. The van der Waals surface area contributed by atoms with Gasteiger partial charge in [-0.15, -0.1) is 0 Å². The van der Waals surface area contributed by atoms with Gasteiger partial charge in [0.05, 0.1) is 24.7 Å². The normalized spacial score (nSPS) is 13.3. The predicted molar refractivity (Wildman–Crippen MR) is 107 cm³/mol. The van der Waals surface area contributed by atoms with Crippen LogP contribution in [-0.2, 0) is 6.54 Å². The molecule has 0 bridgehead atoms. The first-order chi connectivity index (χ1) is 15.1. The average Bonchev–Trinajstić information content (AvgIpc) is 3.27. The third-order valence-electron chi connectivity index (χ3n) is 4.91. The first-order valence-corrected chi connectivity index (χ1v) is 9.47. The number of rotatable bonds is 6. The molecule has 4 aromatic heterocycles. The van der Waals surface area contributed by atoms with Crippen molar-refractivity contribution in [3.8, 4) is 17.1 Å². The molecule has 1 unspecified atom stereocenters. The second-order valence-corrected chi connectivity index (χ2v) is 7.09. The van der Waals surface area contributed by atoms with Crippen LogP contribution in [0.5, 0.6) is 5.88 Å². The zero-order valence-electron chi connectivity index (χ0n) is 17.1. The molecular weight excluding hydrogens is 437 g/mol. The van der Waals surface area contributed by atoms with Crippen LogP contribution in [0.2, 0.25) is 0 Å². The third-order valence-corrected chi connectivity index (χ3v) is 4.91. The lowest BCUT2D eigenvalue weighted by molar-refractivity contribution is -0.138. The molecule has 4 rings (SSSR count). The van der Waals surface area contributed by atoms with Gasteiger partial charge in [-0.25, -0.2) is 18.7 Å². The highest BCUT2D eigenvalue weighted by molar-refractivity contribution is 5.97. The topological polar surface area (TPSA) is 93.5 Å². The number of pyridine rings is 1. The van der Waals surface area contributed by atoms with Gasteiger partial charge >= 0.3 is 6.18 Å². The van der Waals surface area contributed by atoms with Crippen LogP contribution in [0.25, 0.3) is 33.5 Å². The molecule has 0 saturated carbocycles. The summed E-state index contributed by atoms with van der Waals surface area (Å²) < 4.78 is 71.2. The summed E-state index contributed by atoms with van der Waals surface area (Å²) in [5.41, 5.74) is 1.87. The van der Waals surface area contributed by atoms with Gasteiger partial charge in [-0.3, -0.25) is 0 Å². The van der Waals surface area contributed by atoms with Crippen LogP contribution >= 0.6 is 0 Å². The molecule has 0 fully saturated rings. The van der Waals surface area contributed by atoms with E-state index in [1.54, 1.807) is 25.3 Å². The number of aryl methyl sites for hydroxylation is 1. The molecule has 0 aliphatic rings. The van der Waals surface area contributed by atoms with Crippen molar-refractivity contribution in [2.45, 2.75) is 39.0 Å². The monoisotopic (exact) mass is 455 g/mol. The second kappa shape index (κ2) is 7.88. The maximum absolute atomic E-state index is 13.0. The smallest absolute Gasteiger partial charge is 0.408 e. The highest BCUT2D eigenvalue weighted by Gasteiger charge is 2.36. The van der Waals surface area contributed by atoms with E-state index in [1.807, 2.05) is 0 Å². The number of ether oxygens (including phenoxy) is 1. The first-order valence-electron chi connectivity index (χ1n) is 9.47. The van der Waals surface area contributed by atoms with Gasteiger partial charge in [-0.2, -0.15) is 23.1 Å². The Bertz CT molecular complexity index is 1280. The number of aromatic amines is 1. The number of fused-ring (bicyclic) bond motifs is 2. The molecule has 0 radical (unpaired) electrons. The summed E-state index contributed by atoms with van der Waals surface area (Å²) in [7, 11) is 1.33. The van der Waals surface area contributed by atoms with Crippen molar-refractivity contribution in [3.05, 3.63) is 24.2 Å². The largest absolute Gasteiger partial charge is 0.480 e. The molecular formula is C19H18F5N7O. The molecule has 0 aromatic carbocycles. The average molecular weight is 455 g/mol. The van der Waals surface area contributed by atoms with E-state index < -0.39 is 25.2 Å². The summed E-state index contributed by atoms with van der Waals surface area (Å²) in [6.45, 7) is 2.01. The molecule has 8 nitrogen and oxygen atoms in total. The highest BCUT2D eigenvalue weighted by atomic mass is 19.4. The Morgan fingerprint density at radius 2 is 1.91 bits per heavy atom. The Labute approximate surface area is 177 Å². The van der Waals surface area contributed by atoms with E-state index in [0.717, 1.165) is 6.92 Å². The summed E-state index contributed by atoms with van der Waals surface area (Å²) in [6, 6.07) is 1.43. The Balaban J connectivity index is 1.80. The number of halogens is 5. The predicted octanol–water partition coefficient (Wildman–Crippen LogP) is 4.31. The summed E-state index contributed by atoms with van der Waals surface area (Å²) in [5, 5.41) is 2.59. The first kappa shape index (κ1) is 21.7. The highest BCUT2D eigenvalue weighted by Crippen LogP contribution is 2.34. The number of nitrogens with zero attached hydrogens (tertiary/aromatic N) is 5. The lowest BCUT2D eigenvalue weighted by Gasteiger charge is -2.17. The number of methoxy groups -OCH3 is 1. The molecule has 4 aromatic rings. The Morgan fingerprint density at radius 3 is 2.56 bits per heavy atom. The van der Waals surface area contributed by atoms with Crippen molar-refractivity contribution >= 4 is 28.1 Å². The number of hydrogen-bond acceptors (Lipinski definition) is 6. The van der Waals surface area contributed by atoms with Crippen molar-refractivity contribution in [1.82, 2.24) is 29.5 Å². The van der Waals surface area contributed by atoms with Gasteiger partial charge in [0.25, 0.3) is 6.43 Å². The van der Waals surface area contributed by atoms with E-state index in [4.69, 9.17) is 4.74 Å². The third kappa shape index (κ3) is 3.89. The van der Waals surface area contributed by atoms with E-state index in [0.29, 0.717) is 28.0 Å². The van der Waals surface area contributed by atoms with Gasteiger partial charge in [0.1, 0.15) is 23.0 Å². The van der Waals surface area contributed by atoms with E-state index in [-0.39, 0.29) is 23.1 Å². The molecule has 0 aliphatic heterocycles. The van der Waals surface area contributed by atoms with Crippen LogP contribution in [0.1, 0.15) is 12.7 Å². The minimum absolute atomic E-state index is 0.0299. The number of anilines is 1. The number of H-pyrrole nitrogens is 1. The van der Waals surface area contributed by atoms with Crippen LogP contribution in [-0.4, -0.2) is 55.2 Å². The number of aromatic nitrogens is 6. The van der Waals surface area contributed by atoms with Gasteiger partial charge in [-0.1, -0.05) is 0 Å². The number of hydrogen-bond donors (Lipinski definition) is 2. The van der Waals surface area contributed by atoms with E-state index >= 15 is 0 Å². The number of alkyl halides is 5.